The van der Waals surface area contributed by atoms with Crippen molar-refractivity contribution in [2.24, 2.45) is 0 Å². The van der Waals surface area contributed by atoms with E-state index in [1.807, 2.05) is 0 Å². The first-order chi connectivity index (χ1) is 14.4. The molecule has 10 heteroatoms. The predicted octanol–water partition coefficient (Wildman–Crippen LogP) is 2.46. The molecule has 2 aliphatic rings. The maximum atomic E-state index is 14.0. The van der Waals surface area contributed by atoms with E-state index in [9.17, 15) is 23.1 Å². The molecule has 30 heavy (non-hydrogen) atoms. The molecule has 160 valence electrons. The van der Waals surface area contributed by atoms with Crippen LogP contribution in [0.25, 0.3) is 0 Å². The summed E-state index contributed by atoms with van der Waals surface area (Å²) in [6.45, 7) is 0.0345. The van der Waals surface area contributed by atoms with E-state index in [-0.39, 0.29) is 17.7 Å². The number of alkyl halides is 2. The van der Waals surface area contributed by atoms with Crippen molar-refractivity contribution in [1.29, 1.82) is 0 Å². The van der Waals surface area contributed by atoms with Gasteiger partial charge in [-0.05, 0) is 30.7 Å². The number of aromatic hydroxyl groups is 1. The highest BCUT2D eigenvalue weighted by Crippen LogP contribution is 2.30. The third-order valence-corrected chi connectivity index (χ3v) is 5.43. The van der Waals surface area contributed by atoms with Crippen LogP contribution in [0.15, 0.2) is 36.5 Å². The zero-order chi connectivity index (χ0) is 21.3. The third-order valence-electron chi connectivity index (χ3n) is 5.43. The lowest BCUT2D eigenvalue weighted by atomic mass is 10.1. The zero-order valence-corrected chi connectivity index (χ0v) is 16.0. The number of pyridine rings is 1. The first-order valence-electron chi connectivity index (χ1n) is 9.62. The Morgan fingerprint density at radius 2 is 1.87 bits per heavy atom. The fraction of sp³-hybridized carbons (Fsp3) is 0.400. The number of ether oxygens (including phenoxy) is 1. The molecular formula is C20H21F3N4O3. The molecule has 2 saturated heterocycles. The second-order valence-corrected chi connectivity index (χ2v) is 7.19. The lowest BCUT2D eigenvalue weighted by Gasteiger charge is -2.37. The van der Waals surface area contributed by atoms with E-state index in [1.165, 1.54) is 17.2 Å². The van der Waals surface area contributed by atoms with Crippen molar-refractivity contribution in [1.82, 2.24) is 9.88 Å². The predicted molar refractivity (Wildman–Crippen MR) is 103 cm³/mol. The molecule has 1 N–H and O–H groups in total. The van der Waals surface area contributed by atoms with E-state index >= 15 is 0 Å². The van der Waals surface area contributed by atoms with Gasteiger partial charge in [0.05, 0.1) is 12.2 Å². The lowest BCUT2D eigenvalue weighted by molar-refractivity contribution is -0.121. The summed E-state index contributed by atoms with van der Waals surface area (Å²) in [5.74, 6) is -0.726. The van der Waals surface area contributed by atoms with Crippen LogP contribution in [0.3, 0.4) is 0 Å². The number of hydrogen-bond donors (Lipinski definition) is 1. The van der Waals surface area contributed by atoms with Crippen LogP contribution < -0.4 is 14.5 Å². The molecule has 0 bridgehead atoms. The highest BCUT2D eigenvalue weighted by Gasteiger charge is 2.38. The molecule has 2 aliphatic heterocycles. The Balaban J connectivity index is 1.38. The van der Waals surface area contributed by atoms with E-state index in [2.05, 4.69) is 19.5 Å². The van der Waals surface area contributed by atoms with Crippen LogP contribution in [-0.2, 0) is 4.79 Å². The Bertz CT molecular complexity index is 905. The molecule has 2 fully saturated rings. The van der Waals surface area contributed by atoms with Crippen LogP contribution in [0.2, 0.25) is 0 Å². The number of carbonyl (C=O) groups excluding carboxylic acids is 1. The van der Waals surface area contributed by atoms with Crippen LogP contribution in [-0.4, -0.2) is 66.3 Å². The number of nitrogens with zero attached hydrogens (tertiary/aromatic N) is 4. The van der Waals surface area contributed by atoms with Gasteiger partial charge < -0.3 is 19.6 Å². The molecule has 0 radical (unpaired) electrons. The molecule has 0 spiro atoms. The van der Waals surface area contributed by atoms with E-state index in [1.54, 1.807) is 12.1 Å². The maximum Gasteiger partial charge on any atom is 0.387 e. The van der Waals surface area contributed by atoms with E-state index in [0.29, 0.717) is 44.8 Å². The van der Waals surface area contributed by atoms with Gasteiger partial charge in [0.15, 0.2) is 11.6 Å². The largest absolute Gasteiger partial charge is 0.506 e. The molecular weight excluding hydrogens is 401 g/mol. The lowest BCUT2D eigenvalue weighted by Crippen LogP contribution is -2.52. The summed E-state index contributed by atoms with van der Waals surface area (Å²) in [6.07, 6.45) is 2.00. The molecule has 1 aromatic heterocycles. The SMILES string of the molecule is O=C1C(N2CCN(c3ccc(O)cn3)CC2)CCN1c1ccc(OC(F)F)c(F)c1. The van der Waals surface area contributed by atoms with Crippen molar-refractivity contribution in [2.75, 3.05) is 42.5 Å². The van der Waals surface area contributed by atoms with Gasteiger partial charge in [-0.25, -0.2) is 9.37 Å². The average molecular weight is 422 g/mol. The number of aromatic nitrogens is 1. The van der Waals surface area contributed by atoms with Gasteiger partial charge in [0, 0.05) is 44.5 Å². The van der Waals surface area contributed by atoms with E-state index < -0.39 is 18.2 Å². The summed E-state index contributed by atoms with van der Waals surface area (Å²) < 4.78 is 42.7. The molecule has 1 amide bonds. The highest BCUT2D eigenvalue weighted by atomic mass is 19.3. The van der Waals surface area contributed by atoms with Crippen LogP contribution in [0.5, 0.6) is 11.5 Å². The summed E-state index contributed by atoms with van der Waals surface area (Å²) in [5, 5.41) is 9.36. The summed E-state index contributed by atoms with van der Waals surface area (Å²) in [6, 6.07) is 6.61. The maximum absolute atomic E-state index is 14.0. The van der Waals surface area contributed by atoms with Crippen molar-refractivity contribution in [3.63, 3.8) is 0 Å². The number of benzene rings is 1. The van der Waals surface area contributed by atoms with Crippen molar-refractivity contribution in [3.8, 4) is 11.5 Å². The Hall–Kier alpha value is -3.01. The number of piperazine rings is 1. The van der Waals surface area contributed by atoms with Crippen molar-refractivity contribution in [3.05, 3.63) is 42.3 Å². The van der Waals surface area contributed by atoms with Crippen molar-refractivity contribution in [2.45, 2.75) is 19.1 Å². The first-order valence-corrected chi connectivity index (χ1v) is 9.62. The molecule has 7 nitrogen and oxygen atoms in total. The molecule has 2 aromatic rings. The molecule has 1 aromatic carbocycles. The van der Waals surface area contributed by atoms with Gasteiger partial charge in [-0.15, -0.1) is 0 Å². The molecule has 0 saturated carbocycles. The number of hydrogen-bond acceptors (Lipinski definition) is 6. The molecule has 3 heterocycles. The summed E-state index contributed by atoms with van der Waals surface area (Å²) >= 11 is 0. The summed E-state index contributed by atoms with van der Waals surface area (Å²) in [5.41, 5.74) is 0.327. The molecule has 0 aliphatic carbocycles. The van der Waals surface area contributed by atoms with Crippen molar-refractivity contribution >= 4 is 17.4 Å². The molecule has 1 atom stereocenters. The minimum Gasteiger partial charge on any atom is -0.506 e. The number of carbonyl (C=O) groups is 1. The van der Waals surface area contributed by atoms with Crippen LogP contribution >= 0.6 is 0 Å². The fourth-order valence-electron chi connectivity index (χ4n) is 3.94. The van der Waals surface area contributed by atoms with Crippen LogP contribution in [0.4, 0.5) is 24.7 Å². The second-order valence-electron chi connectivity index (χ2n) is 7.19. The topological polar surface area (TPSA) is 69.1 Å². The third kappa shape index (κ3) is 4.13. The van der Waals surface area contributed by atoms with Gasteiger partial charge in [-0.1, -0.05) is 0 Å². The zero-order valence-electron chi connectivity index (χ0n) is 16.0. The number of anilines is 2. The second kappa shape index (κ2) is 8.39. The Labute approximate surface area is 171 Å². The van der Waals surface area contributed by atoms with Gasteiger partial charge in [-0.3, -0.25) is 9.69 Å². The average Bonchev–Trinajstić information content (AvgIpc) is 3.11. The van der Waals surface area contributed by atoms with Gasteiger partial charge in [0.2, 0.25) is 5.91 Å². The fourth-order valence-corrected chi connectivity index (χ4v) is 3.94. The van der Waals surface area contributed by atoms with Gasteiger partial charge >= 0.3 is 6.61 Å². The summed E-state index contributed by atoms with van der Waals surface area (Å²) in [4.78, 5) is 22.8. The monoisotopic (exact) mass is 422 g/mol. The summed E-state index contributed by atoms with van der Waals surface area (Å²) in [7, 11) is 0. The quantitative estimate of drug-likeness (QED) is 0.799. The van der Waals surface area contributed by atoms with Crippen LogP contribution in [0, 0.1) is 5.82 Å². The van der Waals surface area contributed by atoms with E-state index in [0.717, 1.165) is 18.0 Å². The van der Waals surface area contributed by atoms with Gasteiger partial charge in [0.25, 0.3) is 0 Å². The van der Waals surface area contributed by atoms with Crippen LogP contribution in [0.1, 0.15) is 6.42 Å². The molecule has 4 rings (SSSR count). The standard InChI is InChI=1S/C20H21F3N4O3/c21-15-11-13(1-3-17(15)30-20(22)23)27-6-5-16(19(27)29)25-7-9-26(10-8-25)18-4-2-14(28)12-24-18/h1-4,11-12,16,20,28H,5-10H2. The number of halogens is 3. The number of amides is 1. The van der Waals surface area contributed by atoms with Gasteiger partial charge in [0.1, 0.15) is 11.6 Å². The van der Waals surface area contributed by atoms with Gasteiger partial charge in [-0.2, -0.15) is 8.78 Å². The normalized spacial score (nSPS) is 20.3. The highest BCUT2D eigenvalue weighted by molar-refractivity contribution is 5.99. The minimum absolute atomic E-state index is 0.110. The van der Waals surface area contributed by atoms with E-state index in [4.69, 9.17) is 0 Å². The first kappa shape index (κ1) is 20.3. The smallest absolute Gasteiger partial charge is 0.387 e. The Morgan fingerprint density at radius 3 is 2.50 bits per heavy atom. The number of rotatable bonds is 5. The van der Waals surface area contributed by atoms with Crippen molar-refractivity contribution < 1.29 is 27.8 Å². The minimum atomic E-state index is -3.11. The Morgan fingerprint density at radius 1 is 1.10 bits per heavy atom. The Kier molecular flexibility index (Phi) is 5.67. The molecule has 1 unspecified atom stereocenters.